The van der Waals surface area contributed by atoms with E-state index in [4.69, 9.17) is 23.2 Å². The van der Waals surface area contributed by atoms with E-state index in [2.05, 4.69) is 19.1 Å². The molecule has 0 aromatic heterocycles. The molecule has 0 saturated carbocycles. The maximum Gasteiger partial charge on any atom is 0.0586 e. The molecule has 0 aliphatic carbocycles. The maximum absolute atomic E-state index is 10.2. The van der Waals surface area contributed by atoms with Crippen LogP contribution < -0.4 is 0 Å². The molecule has 0 heterocycles. The summed E-state index contributed by atoms with van der Waals surface area (Å²) in [5.41, 5.74) is 2.18. The first-order valence-electron chi connectivity index (χ1n) is 6.73. The van der Waals surface area contributed by atoms with E-state index in [1.165, 1.54) is 5.56 Å². The van der Waals surface area contributed by atoms with Gasteiger partial charge in [0.05, 0.1) is 6.10 Å². The highest BCUT2D eigenvalue weighted by Gasteiger charge is 2.14. The van der Waals surface area contributed by atoms with Gasteiger partial charge < -0.3 is 5.11 Å². The van der Waals surface area contributed by atoms with E-state index in [0.29, 0.717) is 28.8 Å². The first-order chi connectivity index (χ1) is 9.56. The van der Waals surface area contributed by atoms with Crippen molar-refractivity contribution in [2.24, 2.45) is 0 Å². The molecule has 1 nitrogen and oxygen atoms in total. The van der Waals surface area contributed by atoms with Crippen LogP contribution in [0, 0.1) is 0 Å². The van der Waals surface area contributed by atoms with Crippen LogP contribution in [0.4, 0.5) is 0 Å². The molecule has 2 atom stereocenters. The van der Waals surface area contributed by atoms with Gasteiger partial charge in [0.1, 0.15) is 0 Å². The molecular weight excluding hydrogens is 291 g/mol. The molecule has 2 aromatic rings. The Kier molecular flexibility index (Phi) is 5.47. The molecule has 0 radical (unpaired) electrons. The third-order valence-corrected chi connectivity index (χ3v) is 4.05. The second-order valence-electron chi connectivity index (χ2n) is 5.14. The second-order valence-corrected chi connectivity index (χ2v) is 5.98. The minimum absolute atomic E-state index is 0.317. The van der Waals surface area contributed by atoms with Crippen molar-refractivity contribution in [1.82, 2.24) is 0 Å². The molecule has 2 aromatic carbocycles. The number of halogens is 2. The molecular formula is C17H18Cl2O. The largest absolute Gasteiger partial charge is 0.393 e. The van der Waals surface area contributed by atoms with Gasteiger partial charge in [0.2, 0.25) is 0 Å². The predicted octanol–water partition coefficient (Wildman–Crippen LogP) is 5.09. The van der Waals surface area contributed by atoms with Crippen LogP contribution in [0.15, 0.2) is 48.5 Å². The SMILES string of the molecule is CC(CC(O)Cc1ccc(Cl)cc1Cl)c1ccccc1. The molecule has 1 N–H and O–H groups in total. The van der Waals surface area contributed by atoms with Crippen molar-refractivity contribution in [3.05, 3.63) is 69.7 Å². The quantitative estimate of drug-likeness (QED) is 0.815. The smallest absolute Gasteiger partial charge is 0.0586 e. The summed E-state index contributed by atoms with van der Waals surface area (Å²) in [6, 6.07) is 15.6. The Hall–Kier alpha value is -1.02. The van der Waals surface area contributed by atoms with E-state index >= 15 is 0 Å². The highest BCUT2D eigenvalue weighted by Crippen LogP contribution is 2.25. The van der Waals surface area contributed by atoms with E-state index in [1.807, 2.05) is 24.3 Å². The van der Waals surface area contributed by atoms with Crippen LogP contribution in [-0.2, 0) is 6.42 Å². The van der Waals surface area contributed by atoms with Gasteiger partial charge in [-0.2, -0.15) is 0 Å². The number of rotatable bonds is 5. The molecule has 0 aliphatic heterocycles. The predicted molar refractivity (Wildman–Crippen MR) is 85.6 cm³/mol. The number of aliphatic hydroxyl groups excluding tert-OH is 1. The van der Waals surface area contributed by atoms with Crippen LogP contribution in [0.5, 0.6) is 0 Å². The lowest BCUT2D eigenvalue weighted by Gasteiger charge is -2.17. The van der Waals surface area contributed by atoms with Crippen molar-refractivity contribution in [1.29, 1.82) is 0 Å². The Morgan fingerprint density at radius 1 is 1.05 bits per heavy atom. The van der Waals surface area contributed by atoms with E-state index in [1.54, 1.807) is 12.1 Å². The van der Waals surface area contributed by atoms with Crippen LogP contribution in [0.2, 0.25) is 10.0 Å². The third-order valence-electron chi connectivity index (χ3n) is 3.46. The van der Waals surface area contributed by atoms with E-state index in [0.717, 1.165) is 5.56 Å². The van der Waals surface area contributed by atoms with E-state index in [9.17, 15) is 5.11 Å². The maximum atomic E-state index is 10.2. The van der Waals surface area contributed by atoms with Gasteiger partial charge in [-0.25, -0.2) is 0 Å². The summed E-state index contributed by atoms with van der Waals surface area (Å²) in [7, 11) is 0. The lowest BCUT2D eigenvalue weighted by atomic mass is 9.92. The van der Waals surface area contributed by atoms with Gasteiger partial charge in [0.25, 0.3) is 0 Å². The number of hydrogen-bond acceptors (Lipinski definition) is 1. The van der Waals surface area contributed by atoms with E-state index < -0.39 is 6.10 Å². The first kappa shape index (κ1) is 15.4. The monoisotopic (exact) mass is 308 g/mol. The normalized spacial score (nSPS) is 14.0. The van der Waals surface area contributed by atoms with Gasteiger partial charge in [-0.05, 0) is 42.0 Å². The molecule has 0 saturated heterocycles. The van der Waals surface area contributed by atoms with Gasteiger partial charge in [-0.1, -0.05) is 66.5 Å². The Balaban J connectivity index is 1.97. The van der Waals surface area contributed by atoms with Crippen molar-refractivity contribution in [2.75, 3.05) is 0 Å². The summed E-state index contributed by atoms with van der Waals surface area (Å²) in [4.78, 5) is 0. The van der Waals surface area contributed by atoms with Crippen LogP contribution in [0.25, 0.3) is 0 Å². The minimum Gasteiger partial charge on any atom is -0.393 e. The average Bonchev–Trinajstić information content (AvgIpc) is 2.43. The number of hydrogen-bond donors (Lipinski definition) is 1. The van der Waals surface area contributed by atoms with Crippen molar-refractivity contribution in [3.63, 3.8) is 0 Å². The zero-order valence-electron chi connectivity index (χ0n) is 11.4. The Bertz CT molecular complexity index is 554. The fraction of sp³-hybridized carbons (Fsp3) is 0.294. The molecule has 0 aliphatic rings. The van der Waals surface area contributed by atoms with Crippen molar-refractivity contribution in [2.45, 2.75) is 31.8 Å². The highest BCUT2D eigenvalue weighted by molar-refractivity contribution is 6.35. The van der Waals surface area contributed by atoms with Gasteiger partial charge in [-0.3, -0.25) is 0 Å². The summed E-state index contributed by atoms with van der Waals surface area (Å²) >= 11 is 12.0. The Labute approximate surface area is 130 Å². The van der Waals surface area contributed by atoms with Gasteiger partial charge >= 0.3 is 0 Å². The zero-order valence-corrected chi connectivity index (χ0v) is 12.9. The molecule has 2 rings (SSSR count). The summed E-state index contributed by atoms with van der Waals surface area (Å²) in [6.45, 7) is 2.13. The molecule has 2 unspecified atom stereocenters. The Morgan fingerprint density at radius 2 is 1.75 bits per heavy atom. The van der Waals surface area contributed by atoms with Crippen molar-refractivity contribution in [3.8, 4) is 0 Å². The summed E-state index contributed by atoms with van der Waals surface area (Å²) in [5, 5.41) is 11.5. The van der Waals surface area contributed by atoms with Gasteiger partial charge in [-0.15, -0.1) is 0 Å². The highest BCUT2D eigenvalue weighted by atomic mass is 35.5. The van der Waals surface area contributed by atoms with Crippen LogP contribution >= 0.6 is 23.2 Å². The lowest BCUT2D eigenvalue weighted by Crippen LogP contribution is -2.14. The lowest BCUT2D eigenvalue weighted by molar-refractivity contribution is 0.157. The molecule has 0 bridgehead atoms. The minimum atomic E-state index is -0.413. The third kappa shape index (κ3) is 4.24. The van der Waals surface area contributed by atoms with Gasteiger partial charge in [0, 0.05) is 10.0 Å². The van der Waals surface area contributed by atoms with Crippen molar-refractivity contribution < 1.29 is 5.11 Å². The Morgan fingerprint density at radius 3 is 2.40 bits per heavy atom. The molecule has 106 valence electrons. The molecule has 0 amide bonds. The topological polar surface area (TPSA) is 20.2 Å². The molecule has 20 heavy (non-hydrogen) atoms. The van der Waals surface area contributed by atoms with E-state index in [-0.39, 0.29) is 0 Å². The molecule has 0 spiro atoms. The second kappa shape index (κ2) is 7.12. The fourth-order valence-electron chi connectivity index (χ4n) is 2.35. The number of aliphatic hydroxyl groups is 1. The first-order valence-corrected chi connectivity index (χ1v) is 7.49. The summed E-state index contributed by atoms with van der Waals surface area (Å²) < 4.78 is 0. The van der Waals surface area contributed by atoms with Crippen LogP contribution in [0.3, 0.4) is 0 Å². The van der Waals surface area contributed by atoms with Crippen LogP contribution in [0.1, 0.15) is 30.4 Å². The fourth-order valence-corrected chi connectivity index (χ4v) is 2.84. The standard InChI is InChI=1S/C17H18Cl2O/c1-12(13-5-3-2-4-6-13)9-16(20)10-14-7-8-15(18)11-17(14)19/h2-8,11-12,16,20H,9-10H2,1H3. The molecule has 3 heteroatoms. The number of benzene rings is 2. The average molecular weight is 309 g/mol. The zero-order chi connectivity index (χ0) is 14.5. The molecule has 0 fully saturated rings. The summed E-state index contributed by atoms with van der Waals surface area (Å²) in [6.07, 6.45) is 0.847. The van der Waals surface area contributed by atoms with Crippen LogP contribution in [-0.4, -0.2) is 11.2 Å². The summed E-state index contributed by atoms with van der Waals surface area (Å²) in [5.74, 6) is 0.317. The van der Waals surface area contributed by atoms with Crippen molar-refractivity contribution >= 4 is 23.2 Å². The van der Waals surface area contributed by atoms with Gasteiger partial charge in [0.15, 0.2) is 0 Å².